The molecule has 1 aliphatic carbocycles. The van der Waals surface area contributed by atoms with Gasteiger partial charge in [0.25, 0.3) is 0 Å². The first kappa shape index (κ1) is 16.3. The zero-order valence-electron chi connectivity index (χ0n) is 12.5. The third-order valence-corrected chi connectivity index (χ3v) is 5.22. The van der Waals surface area contributed by atoms with E-state index >= 15 is 0 Å². The lowest BCUT2D eigenvalue weighted by Gasteiger charge is -2.37. The first-order valence-electron chi connectivity index (χ1n) is 7.43. The van der Waals surface area contributed by atoms with E-state index in [1.807, 2.05) is 11.8 Å². The Morgan fingerprint density at radius 3 is 2.33 bits per heavy atom. The van der Waals surface area contributed by atoms with Crippen LogP contribution in [0, 0.1) is 5.41 Å². The molecule has 0 aromatic carbocycles. The molecule has 0 bridgehead atoms. The smallest absolute Gasteiger partial charge is 0.0499 e. The summed E-state index contributed by atoms with van der Waals surface area (Å²) in [7, 11) is 2.23. The van der Waals surface area contributed by atoms with Crippen LogP contribution in [0.2, 0.25) is 0 Å². The monoisotopic (exact) mass is 273 g/mol. The van der Waals surface area contributed by atoms with Gasteiger partial charge in [-0.25, -0.2) is 0 Å². The van der Waals surface area contributed by atoms with E-state index in [1.165, 1.54) is 50.7 Å². The number of rotatable bonds is 7. The second kappa shape index (κ2) is 8.44. The van der Waals surface area contributed by atoms with Gasteiger partial charge >= 0.3 is 0 Å². The molecule has 0 amide bonds. The predicted octanol–water partition coefficient (Wildman–Crippen LogP) is 3.39. The third kappa shape index (κ3) is 5.10. The average Bonchev–Trinajstić information content (AvgIpc) is 2.62. The topological polar surface area (TPSA) is 23.5 Å². The van der Waals surface area contributed by atoms with Crippen LogP contribution < -0.4 is 0 Å². The second-order valence-corrected chi connectivity index (χ2v) is 7.10. The Labute approximate surface area is 118 Å². The molecule has 1 rings (SSSR count). The SMILES string of the molecule is CSCCC(C)N(C)CC1(CO)CCCCCC1. The molecule has 0 aliphatic heterocycles. The van der Waals surface area contributed by atoms with Gasteiger partial charge in [-0.3, -0.25) is 0 Å². The highest BCUT2D eigenvalue weighted by Gasteiger charge is 2.32. The second-order valence-electron chi connectivity index (χ2n) is 6.12. The van der Waals surface area contributed by atoms with E-state index in [0.29, 0.717) is 12.6 Å². The first-order valence-corrected chi connectivity index (χ1v) is 8.83. The van der Waals surface area contributed by atoms with Crippen LogP contribution in [-0.4, -0.2) is 48.3 Å². The van der Waals surface area contributed by atoms with Crippen LogP contribution in [-0.2, 0) is 0 Å². The van der Waals surface area contributed by atoms with Crippen molar-refractivity contribution in [1.82, 2.24) is 4.90 Å². The van der Waals surface area contributed by atoms with Gasteiger partial charge in [-0.2, -0.15) is 11.8 Å². The molecule has 1 atom stereocenters. The minimum Gasteiger partial charge on any atom is -0.396 e. The Bertz CT molecular complexity index is 215. The normalized spacial score (nSPS) is 21.8. The molecule has 0 saturated heterocycles. The Morgan fingerprint density at radius 1 is 1.22 bits per heavy atom. The molecule has 0 heterocycles. The van der Waals surface area contributed by atoms with Crippen molar-refractivity contribution in [3.05, 3.63) is 0 Å². The van der Waals surface area contributed by atoms with Gasteiger partial charge in [0.1, 0.15) is 0 Å². The first-order chi connectivity index (χ1) is 8.63. The summed E-state index contributed by atoms with van der Waals surface area (Å²) >= 11 is 1.93. The van der Waals surface area contributed by atoms with Crippen molar-refractivity contribution in [2.75, 3.05) is 32.2 Å². The molecule has 3 heteroatoms. The van der Waals surface area contributed by atoms with Gasteiger partial charge in [-0.05, 0) is 45.2 Å². The minimum absolute atomic E-state index is 0.179. The summed E-state index contributed by atoms with van der Waals surface area (Å²) in [5, 5.41) is 9.84. The van der Waals surface area contributed by atoms with Crippen LogP contribution in [0.3, 0.4) is 0 Å². The summed E-state index contributed by atoms with van der Waals surface area (Å²) in [5.74, 6) is 1.23. The maximum absolute atomic E-state index is 9.84. The Hall–Kier alpha value is 0.270. The predicted molar refractivity (Wildman–Crippen MR) is 82.3 cm³/mol. The highest BCUT2D eigenvalue weighted by Crippen LogP contribution is 2.35. The van der Waals surface area contributed by atoms with Crippen LogP contribution in [0.15, 0.2) is 0 Å². The summed E-state index contributed by atoms with van der Waals surface area (Å²) in [5.41, 5.74) is 0.179. The largest absolute Gasteiger partial charge is 0.396 e. The number of hydrogen-bond donors (Lipinski definition) is 1. The van der Waals surface area contributed by atoms with E-state index in [9.17, 15) is 5.11 Å². The zero-order chi connectivity index (χ0) is 13.4. The van der Waals surface area contributed by atoms with Crippen molar-refractivity contribution in [3.8, 4) is 0 Å². The standard InChI is InChI=1S/C15H31NOS/c1-14(8-11-18-3)16(2)12-15(13-17)9-6-4-5-7-10-15/h14,17H,4-13H2,1-3H3. The van der Waals surface area contributed by atoms with E-state index in [0.717, 1.165) is 6.54 Å². The van der Waals surface area contributed by atoms with E-state index in [1.54, 1.807) is 0 Å². The van der Waals surface area contributed by atoms with Crippen molar-refractivity contribution < 1.29 is 5.11 Å². The molecular formula is C15H31NOS. The molecule has 1 N–H and O–H groups in total. The highest BCUT2D eigenvalue weighted by molar-refractivity contribution is 7.98. The zero-order valence-corrected chi connectivity index (χ0v) is 13.3. The molecule has 18 heavy (non-hydrogen) atoms. The minimum atomic E-state index is 0.179. The molecule has 0 spiro atoms. The molecule has 1 fully saturated rings. The number of aliphatic hydroxyl groups is 1. The molecule has 0 aromatic heterocycles. The molecule has 108 valence electrons. The van der Waals surface area contributed by atoms with Crippen LogP contribution >= 0.6 is 11.8 Å². The molecular weight excluding hydrogens is 242 g/mol. The molecule has 0 radical (unpaired) electrons. The van der Waals surface area contributed by atoms with E-state index in [2.05, 4.69) is 25.1 Å². The maximum atomic E-state index is 9.84. The molecule has 2 nitrogen and oxygen atoms in total. The third-order valence-electron chi connectivity index (χ3n) is 4.58. The van der Waals surface area contributed by atoms with Crippen molar-refractivity contribution >= 4 is 11.8 Å². The summed E-state index contributed by atoms with van der Waals surface area (Å²) in [4.78, 5) is 2.47. The fourth-order valence-electron chi connectivity index (χ4n) is 3.04. The molecule has 1 aliphatic rings. The lowest BCUT2D eigenvalue weighted by atomic mass is 9.80. The van der Waals surface area contributed by atoms with Gasteiger partial charge in [0, 0.05) is 24.6 Å². The fraction of sp³-hybridized carbons (Fsp3) is 1.00. The number of nitrogens with zero attached hydrogens (tertiary/aromatic N) is 1. The number of hydrogen-bond acceptors (Lipinski definition) is 3. The van der Waals surface area contributed by atoms with Gasteiger partial charge in [-0.15, -0.1) is 0 Å². The summed E-state index contributed by atoms with van der Waals surface area (Å²) in [6.45, 7) is 3.75. The van der Waals surface area contributed by atoms with Crippen LogP contribution in [0.4, 0.5) is 0 Å². The van der Waals surface area contributed by atoms with Crippen molar-refractivity contribution in [3.63, 3.8) is 0 Å². The summed E-state index contributed by atoms with van der Waals surface area (Å²) in [6, 6.07) is 0.629. The summed E-state index contributed by atoms with van der Waals surface area (Å²) in [6.07, 6.45) is 11.2. The maximum Gasteiger partial charge on any atom is 0.0499 e. The van der Waals surface area contributed by atoms with Gasteiger partial charge < -0.3 is 10.0 Å². The molecule has 1 saturated carbocycles. The number of aliphatic hydroxyl groups excluding tert-OH is 1. The van der Waals surface area contributed by atoms with Crippen LogP contribution in [0.1, 0.15) is 51.9 Å². The Balaban J connectivity index is 2.49. The Morgan fingerprint density at radius 2 is 1.83 bits per heavy atom. The van der Waals surface area contributed by atoms with E-state index in [-0.39, 0.29) is 5.41 Å². The van der Waals surface area contributed by atoms with E-state index < -0.39 is 0 Å². The van der Waals surface area contributed by atoms with Crippen molar-refractivity contribution in [2.45, 2.75) is 57.9 Å². The van der Waals surface area contributed by atoms with Crippen molar-refractivity contribution in [2.24, 2.45) is 5.41 Å². The number of thioether (sulfide) groups is 1. The quantitative estimate of drug-likeness (QED) is 0.719. The van der Waals surface area contributed by atoms with Crippen LogP contribution in [0.5, 0.6) is 0 Å². The van der Waals surface area contributed by atoms with Gasteiger partial charge in [-0.1, -0.05) is 25.7 Å². The van der Waals surface area contributed by atoms with Gasteiger partial charge in [0.2, 0.25) is 0 Å². The lowest BCUT2D eigenvalue weighted by Crippen LogP contribution is -2.42. The fourth-order valence-corrected chi connectivity index (χ4v) is 3.62. The van der Waals surface area contributed by atoms with Gasteiger partial charge in [0.05, 0.1) is 0 Å². The van der Waals surface area contributed by atoms with E-state index in [4.69, 9.17) is 0 Å². The van der Waals surface area contributed by atoms with Crippen molar-refractivity contribution in [1.29, 1.82) is 0 Å². The lowest BCUT2D eigenvalue weighted by molar-refractivity contribution is 0.0558. The van der Waals surface area contributed by atoms with Gasteiger partial charge in [0.15, 0.2) is 0 Å². The average molecular weight is 273 g/mol. The van der Waals surface area contributed by atoms with Crippen LogP contribution in [0.25, 0.3) is 0 Å². The molecule has 0 aromatic rings. The summed E-state index contributed by atoms with van der Waals surface area (Å²) < 4.78 is 0. The molecule has 1 unspecified atom stereocenters. The highest BCUT2D eigenvalue weighted by atomic mass is 32.2. The Kier molecular flexibility index (Phi) is 7.66.